The van der Waals surface area contributed by atoms with Gasteiger partial charge in [-0.2, -0.15) is 0 Å². The molecule has 0 saturated heterocycles. The first-order chi connectivity index (χ1) is 14.4. The molecular weight excluding hydrogens is 421 g/mol. The van der Waals surface area contributed by atoms with Gasteiger partial charge in [-0.05, 0) is 33.1 Å². The van der Waals surface area contributed by atoms with Gasteiger partial charge in [0.15, 0.2) is 0 Å². The highest BCUT2D eigenvalue weighted by Gasteiger charge is 2.29. The van der Waals surface area contributed by atoms with E-state index in [2.05, 4.69) is 20.8 Å². The molecule has 2 N–H and O–H groups in total. The van der Waals surface area contributed by atoms with Gasteiger partial charge in [-0.3, -0.25) is 4.79 Å². The lowest BCUT2D eigenvalue weighted by molar-refractivity contribution is -0.973. The van der Waals surface area contributed by atoms with Crippen molar-refractivity contribution in [2.75, 3.05) is 34.4 Å². The minimum Gasteiger partial charge on any atom is -0.804 e. The maximum atomic E-state index is 12.4. The summed E-state index contributed by atoms with van der Waals surface area (Å²) in [6, 6.07) is 0. The molecule has 9 heteroatoms. The van der Waals surface area contributed by atoms with Crippen LogP contribution in [0.25, 0.3) is 0 Å². The van der Waals surface area contributed by atoms with E-state index in [0.717, 1.165) is 51.6 Å². The molecule has 0 bridgehead atoms. The first-order valence-corrected chi connectivity index (χ1v) is 12.6. The number of unbranched alkanes of at least 4 members (excludes halogenated alkanes) is 6. The first kappa shape index (κ1) is 30.7. The van der Waals surface area contributed by atoms with Crippen LogP contribution in [0.3, 0.4) is 0 Å². The normalized spacial score (nSPS) is 15.6. The van der Waals surface area contributed by atoms with Gasteiger partial charge in [0, 0.05) is 12.8 Å². The molecular formula is C22H46NO7P. The van der Waals surface area contributed by atoms with Crippen molar-refractivity contribution in [1.82, 2.24) is 0 Å². The highest BCUT2D eigenvalue weighted by atomic mass is 31.2. The number of hydrogen-bond acceptors (Lipinski definition) is 6. The number of ether oxygens (including phenoxy) is 1. The number of carboxylic acid groups (broad SMARTS) is 1. The summed E-state index contributed by atoms with van der Waals surface area (Å²) in [5, 5.41) is 21.3. The molecule has 0 aromatic carbocycles. The smallest absolute Gasteiger partial charge is 0.330 e. The summed E-state index contributed by atoms with van der Waals surface area (Å²) >= 11 is 0. The molecule has 0 aliphatic heterocycles. The maximum absolute atomic E-state index is 12.4. The van der Waals surface area contributed by atoms with Gasteiger partial charge in [-0.15, -0.1) is 0 Å². The van der Waals surface area contributed by atoms with Crippen molar-refractivity contribution in [3.8, 4) is 0 Å². The third kappa shape index (κ3) is 16.9. The minimum atomic E-state index is -2.26. The number of likely N-dealkylation sites (N-methyl/N-ethyl adjacent to an activating group) is 1. The Morgan fingerprint density at radius 3 is 2.03 bits per heavy atom. The Morgan fingerprint density at radius 1 is 1.03 bits per heavy atom. The second kappa shape index (κ2) is 16.3. The van der Waals surface area contributed by atoms with Crippen LogP contribution in [0.1, 0.15) is 85.0 Å². The fraction of sp³-hybridized carbons (Fsp3) is 0.955. The number of quaternary nitrogens is 1. The molecule has 0 aliphatic rings. The summed E-state index contributed by atoms with van der Waals surface area (Å²) in [6.45, 7) is 7.63. The van der Waals surface area contributed by atoms with Crippen LogP contribution in [-0.2, 0) is 18.6 Å². The zero-order valence-electron chi connectivity index (χ0n) is 20.5. The molecule has 0 saturated carbocycles. The highest BCUT2D eigenvalue weighted by Crippen LogP contribution is 2.36. The number of nitrogens with zero attached hydrogens (tertiary/aromatic N) is 1. The van der Waals surface area contributed by atoms with Crippen molar-refractivity contribution in [2.45, 2.75) is 103 Å². The van der Waals surface area contributed by atoms with Gasteiger partial charge in [-0.25, -0.2) is 0 Å². The average molecular weight is 468 g/mol. The monoisotopic (exact) mass is 467 g/mol. The standard InChI is InChI=1S/C22H46NO7P/c1-7-15-22(2,3)28-16-13-11-9-8-10-12-14-17-29-31(27)30-19(18-20(24)25)21(26)23(4,5)6/h19,21,27H,7-18H2,1-6H3,(H,24,25). The summed E-state index contributed by atoms with van der Waals surface area (Å²) in [6.07, 6.45) is 6.76. The van der Waals surface area contributed by atoms with Crippen LogP contribution in [0, 0.1) is 0 Å². The number of aliphatic carboxylic acids is 1. The van der Waals surface area contributed by atoms with Crippen molar-refractivity contribution < 1.29 is 38.2 Å². The van der Waals surface area contributed by atoms with Crippen LogP contribution in [0.5, 0.6) is 0 Å². The van der Waals surface area contributed by atoms with E-state index in [4.69, 9.17) is 18.9 Å². The second-order valence-electron chi connectivity index (χ2n) is 9.65. The van der Waals surface area contributed by atoms with E-state index in [1.165, 1.54) is 12.8 Å². The molecule has 8 nitrogen and oxygen atoms in total. The van der Waals surface area contributed by atoms with Gasteiger partial charge in [0.1, 0.15) is 6.10 Å². The molecule has 3 unspecified atom stereocenters. The fourth-order valence-electron chi connectivity index (χ4n) is 3.26. The largest absolute Gasteiger partial charge is 0.804 e. The van der Waals surface area contributed by atoms with E-state index in [1.54, 1.807) is 21.1 Å². The lowest BCUT2D eigenvalue weighted by atomic mass is 10.0. The van der Waals surface area contributed by atoms with E-state index < -0.39 is 33.3 Å². The lowest BCUT2D eigenvalue weighted by Crippen LogP contribution is -2.60. The Labute approximate surface area is 190 Å². The predicted octanol–water partition coefficient (Wildman–Crippen LogP) is 3.80. The molecule has 3 atom stereocenters. The lowest BCUT2D eigenvalue weighted by Gasteiger charge is -2.42. The van der Waals surface area contributed by atoms with Gasteiger partial charge >= 0.3 is 14.6 Å². The van der Waals surface area contributed by atoms with Crippen molar-refractivity contribution in [1.29, 1.82) is 0 Å². The Hall–Kier alpha value is -0.340. The van der Waals surface area contributed by atoms with Gasteiger partial charge in [-0.1, -0.05) is 45.4 Å². The van der Waals surface area contributed by atoms with Gasteiger partial charge < -0.3 is 33.4 Å². The summed E-state index contributed by atoms with van der Waals surface area (Å²) < 4.78 is 16.4. The van der Waals surface area contributed by atoms with Crippen LogP contribution in [0.4, 0.5) is 0 Å². The van der Waals surface area contributed by atoms with E-state index in [0.29, 0.717) is 6.61 Å². The number of carboxylic acids is 1. The Balaban J connectivity index is 3.82. The Bertz CT molecular complexity index is 471. The molecule has 0 rings (SSSR count). The van der Waals surface area contributed by atoms with Crippen molar-refractivity contribution >= 4 is 14.6 Å². The third-order valence-corrected chi connectivity index (χ3v) is 5.87. The molecule has 0 aromatic heterocycles. The quantitative estimate of drug-likeness (QED) is 0.121. The highest BCUT2D eigenvalue weighted by molar-refractivity contribution is 7.40. The third-order valence-electron chi connectivity index (χ3n) is 5.02. The van der Waals surface area contributed by atoms with E-state index >= 15 is 0 Å². The summed E-state index contributed by atoms with van der Waals surface area (Å²) in [4.78, 5) is 20.9. The van der Waals surface area contributed by atoms with Crippen molar-refractivity contribution in [3.05, 3.63) is 0 Å². The molecule has 0 fully saturated rings. The van der Waals surface area contributed by atoms with Crippen LogP contribution < -0.4 is 5.11 Å². The molecule has 0 amide bonds. The summed E-state index contributed by atoms with van der Waals surface area (Å²) in [5.41, 5.74) is -0.0152. The summed E-state index contributed by atoms with van der Waals surface area (Å²) in [5.74, 6) is -1.14. The van der Waals surface area contributed by atoms with Crippen molar-refractivity contribution in [2.24, 2.45) is 0 Å². The average Bonchev–Trinajstić information content (AvgIpc) is 2.63. The predicted molar refractivity (Wildman–Crippen MR) is 121 cm³/mol. The maximum Gasteiger partial charge on any atom is 0.330 e. The Kier molecular flexibility index (Phi) is 16.1. The van der Waals surface area contributed by atoms with Crippen molar-refractivity contribution in [3.63, 3.8) is 0 Å². The van der Waals surface area contributed by atoms with Crippen LogP contribution in [0.2, 0.25) is 0 Å². The second-order valence-corrected chi connectivity index (χ2v) is 10.6. The fourth-order valence-corrected chi connectivity index (χ4v) is 4.02. The zero-order chi connectivity index (χ0) is 23.9. The number of carbonyl (C=O) groups is 1. The zero-order valence-corrected chi connectivity index (χ0v) is 21.4. The van der Waals surface area contributed by atoms with Crippen LogP contribution in [0.15, 0.2) is 0 Å². The van der Waals surface area contributed by atoms with E-state index in [1.807, 2.05) is 0 Å². The molecule has 0 radical (unpaired) electrons. The van der Waals surface area contributed by atoms with Crippen LogP contribution in [-0.4, -0.2) is 72.7 Å². The SMILES string of the molecule is CCCC(C)(C)OCCCCCCCCCOP(O)OC(CC(=O)O)C([O-])[N+](C)(C)C. The number of hydrogen-bond donors (Lipinski definition) is 2. The molecule has 0 aliphatic carbocycles. The van der Waals surface area contributed by atoms with Gasteiger partial charge in [0.25, 0.3) is 0 Å². The molecule has 0 aromatic rings. The topological polar surface area (TPSA) is 108 Å². The summed E-state index contributed by atoms with van der Waals surface area (Å²) in [7, 11) is 2.73. The molecule has 0 heterocycles. The Morgan fingerprint density at radius 2 is 1.55 bits per heavy atom. The van der Waals surface area contributed by atoms with Gasteiger partial charge in [0.2, 0.25) is 0 Å². The minimum absolute atomic E-state index is 0.0102. The number of rotatable bonds is 20. The molecule has 186 valence electrons. The van der Waals surface area contributed by atoms with E-state index in [-0.39, 0.29) is 10.1 Å². The molecule has 0 spiro atoms. The van der Waals surface area contributed by atoms with Gasteiger partial charge in [0.05, 0.1) is 39.8 Å². The molecule has 31 heavy (non-hydrogen) atoms. The van der Waals surface area contributed by atoms with E-state index in [9.17, 15) is 14.8 Å². The first-order valence-electron chi connectivity index (χ1n) is 11.5. The van der Waals surface area contributed by atoms with Crippen LogP contribution >= 0.6 is 8.60 Å².